The Labute approximate surface area is 170 Å². The minimum atomic E-state index is 0.346. The first-order chi connectivity index (χ1) is 13.7. The highest BCUT2D eigenvalue weighted by atomic mass is 35.5. The van der Waals surface area contributed by atoms with E-state index in [1.54, 1.807) is 6.07 Å². The first-order valence-electron chi connectivity index (χ1n) is 10.00. The van der Waals surface area contributed by atoms with Gasteiger partial charge in [0.1, 0.15) is 5.75 Å². The van der Waals surface area contributed by atoms with Gasteiger partial charge in [0.15, 0.2) is 0 Å². The minimum Gasteiger partial charge on any atom is -0.508 e. The highest BCUT2D eigenvalue weighted by Gasteiger charge is 2.33. The molecule has 0 saturated carbocycles. The molecule has 2 aromatic carbocycles. The Bertz CT molecular complexity index is 1010. The summed E-state index contributed by atoms with van der Waals surface area (Å²) in [5.74, 6) is 1.11. The molecule has 144 valence electrons. The molecular weight excluding hydrogens is 370 g/mol. The molecule has 0 radical (unpaired) electrons. The highest BCUT2D eigenvalue weighted by molar-refractivity contribution is 6.31. The standard InChI is InChI=1S/C23H24ClN3O/c24-18-2-3-20-19(5-8-25-21(20)12-18)16-1-4-23(28)17(11-16)13-26-22-14-27-9-6-15(22)7-10-27/h1-5,8,11-12,15,22,26,28H,6-7,9-10,13-14H2. The Hall–Kier alpha value is -2.14. The number of aromatic nitrogens is 1. The van der Waals surface area contributed by atoms with Gasteiger partial charge in [-0.1, -0.05) is 23.7 Å². The van der Waals surface area contributed by atoms with Crippen molar-refractivity contribution in [2.75, 3.05) is 19.6 Å². The molecule has 0 spiro atoms. The quantitative estimate of drug-likeness (QED) is 0.687. The van der Waals surface area contributed by atoms with Crippen molar-refractivity contribution in [2.24, 2.45) is 5.92 Å². The number of nitrogens with zero attached hydrogens (tertiary/aromatic N) is 2. The van der Waals surface area contributed by atoms with E-state index in [4.69, 9.17) is 11.6 Å². The zero-order valence-corrected chi connectivity index (χ0v) is 16.5. The number of rotatable bonds is 4. The third-order valence-corrected chi connectivity index (χ3v) is 6.54. The van der Waals surface area contributed by atoms with E-state index in [9.17, 15) is 5.11 Å². The number of fused-ring (bicyclic) bond motifs is 4. The zero-order chi connectivity index (χ0) is 19.1. The van der Waals surface area contributed by atoms with Crippen LogP contribution in [0.25, 0.3) is 22.0 Å². The maximum atomic E-state index is 10.4. The fraction of sp³-hybridized carbons (Fsp3) is 0.348. The number of aromatic hydroxyl groups is 1. The monoisotopic (exact) mass is 393 g/mol. The lowest BCUT2D eigenvalue weighted by atomic mass is 9.84. The molecule has 3 saturated heterocycles. The summed E-state index contributed by atoms with van der Waals surface area (Å²) in [5, 5.41) is 15.9. The largest absolute Gasteiger partial charge is 0.508 e. The van der Waals surface area contributed by atoms with Crippen LogP contribution in [0, 0.1) is 5.92 Å². The van der Waals surface area contributed by atoms with Crippen LogP contribution in [0.1, 0.15) is 18.4 Å². The molecule has 3 aliphatic rings. The average molecular weight is 394 g/mol. The molecule has 2 bridgehead atoms. The molecule has 5 heteroatoms. The van der Waals surface area contributed by atoms with Crippen LogP contribution >= 0.6 is 11.6 Å². The lowest BCUT2D eigenvalue weighted by Crippen LogP contribution is -2.55. The number of nitrogens with one attached hydrogen (secondary N) is 1. The van der Waals surface area contributed by atoms with Gasteiger partial charge in [-0.05, 0) is 73.3 Å². The van der Waals surface area contributed by atoms with Gasteiger partial charge in [0.05, 0.1) is 5.52 Å². The van der Waals surface area contributed by atoms with Gasteiger partial charge >= 0.3 is 0 Å². The van der Waals surface area contributed by atoms with Gasteiger partial charge in [-0.25, -0.2) is 0 Å². The van der Waals surface area contributed by atoms with E-state index in [2.05, 4.69) is 21.3 Å². The third kappa shape index (κ3) is 3.37. The number of hydrogen-bond acceptors (Lipinski definition) is 4. The summed E-state index contributed by atoms with van der Waals surface area (Å²) in [5.41, 5.74) is 4.00. The molecule has 1 atom stereocenters. The minimum absolute atomic E-state index is 0.346. The topological polar surface area (TPSA) is 48.4 Å². The number of halogens is 1. The summed E-state index contributed by atoms with van der Waals surface area (Å²) in [6.45, 7) is 4.29. The van der Waals surface area contributed by atoms with Gasteiger partial charge in [-0.3, -0.25) is 4.98 Å². The molecule has 1 aromatic heterocycles. The average Bonchev–Trinajstić information content (AvgIpc) is 2.73. The van der Waals surface area contributed by atoms with E-state index >= 15 is 0 Å². The number of pyridine rings is 1. The van der Waals surface area contributed by atoms with E-state index in [1.807, 2.05) is 36.5 Å². The van der Waals surface area contributed by atoms with Crippen molar-refractivity contribution < 1.29 is 5.11 Å². The first-order valence-corrected chi connectivity index (χ1v) is 10.4. The summed E-state index contributed by atoms with van der Waals surface area (Å²) < 4.78 is 0. The van der Waals surface area contributed by atoms with Crippen molar-refractivity contribution in [3.8, 4) is 16.9 Å². The molecule has 4 heterocycles. The van der Waals surface area contributed by atoms with E-state index in [0.29, 0.717) is 23.4 Å². The number of piperidine rings is 3. The number of benzene rings is 2. The summed E-state index contributed by atoms with van der Waals surface area (Å²) >= 11 is 6.12. The Balaban J connectivity index is 1.42. The van der Waals surface area contributed by atoms with Gasteiger partial charge in [0.25, 0.3) is 0 Å². The number of phenolic OH excluding ortho intramolecular Hbond substituents is 1. The number of phenols is 1. The normalized spacial score (nSPS) is 24.0. The SMILES string of the molecule is Oc1ccc(-c2ccnc3cc(Cl)ccc23)cc1CNC1CN2CCC1CC2. The second-order valence-electron chi connectivity index (χ2n) is 7.99. The van der Waals surface area contributed by atoms with E-state index in [0.717, 1.165) is 40.1 Å². The first kappa shape index (κ1) is 17.9. The second-order valence-corrected chi connectivity index (χ2v) is 8.43. The van der Waals surface area contributed by atoms with Crippen molar-refractivity contribution in [3.63, 3.8) is 0 Å². The summed E-state index contributed by atoms with van der Waals surface area (Å²) in [6.07, 6.45) is 4.39. The number of hydrogen-bond donors (Lipinski definition) is 2. The second kappa shape index (κ2) is 7.36. The lowest BCUT2D eigenvalue weighted by molar-refractivity contribution is 0.0719. The molecule has 3 aliphatic heterocycles. The van der Waals surface area contributed by atoms with Gasteiger partial charge in [-0.2, -0.15) is 0 Å². The van der Waals surface area contributed by atoms with E-state index in [1.165, 1.54) is 25.9 Å². The van der Waals surface area contributed by atoms with Gasteiger partial charge in [-0.15, -0.1) is 0 Å². The van der Waals surface area contributed by atoms with Gasteiger partial charge in [0.2, 0.25) is 0 Å². The summed E-state index contributed by atoms with van der Waals surface area (Å²) in [6, 6.07) is 14.2. The van der Waals surface area contributed by atoms with Crippen molar-refractivity contribution in [3.05, 3.63) is 59.2 Å². The Morgan fingerprint density at radius 1 is 1.11 bits per heavy atom. The fourth-order valence-electron chi connectivity index (χ4n) is 4.70. The van der Waals surface area contributed by atoms with Crippen molar-refractivity contribution in [1.82, 2.24) is 15.2 Å². The van der Waals surface area contributed by atoms with Crippen LogP contribution in [0.2, 0.25) is 5.02 Å². The molecule has 3 aromatic rings. The molecule has 0 aliphatic carbocycles. The Kier molecular flexibility index (Phi) is 4.71. The van der Waals surface area contributed by atoms with Crippen molar-refractivity contribution in [1.29, 1.82) is 0 Å². The maximum Gasteiger partial charge on any atom is 0.120 e. The highest BCUT2D eigenvalue weighted by Crippen LogP contribution is 2.32. The predicted octanol–water partition coefficient (Wildman–Crippen LogP) is 4.44. The fourth-order valence-corrected chi connectivity index (χ4v) is 4.87. The predicted molar refractivity (Wildman–Crippen MR) is 114 cm³/mol. The van der Waals surface area contributed by atoms with E-state index in [-0.39, 0.29) is 0 Å². The zero-order valence-electron chi connectivity index (χ0n) is 15.7. The van der Waals surface area contributed by atoms with Crippen molar-refractivity contribution >= 4 is 22.5 Å². The third-order valence-electron chi connectivity index (χ3n) is 6.31. The van der Waals surface area contributed by atoms with E-state index < -0.39 is 0 Å². The molecular formula is C23H24ClN3O. The molecule has 6 rings (SSSR count). The molecule has 28 heavy (non-hydrogen) atoms. The van der Waals surface area contributed by atoms with Crippen molar-refractivity contribution in [2.45, 2.75) is 25.4 Å². The van der Waals surface area contributed by atoms with Crippen LogP contribution in [0.4, 0.5) is 0 Å². The van der Waals surface area contributed by atoms with Crippen LogP contribution < -0.4 is 5.32 Å². The molecule has 1 unspecified atom stereocenters. The molecule has 0 amide bonds. The molecule has 2 N–H and O–H groups in total. The van der Waals surface area contributed by atoms with Gasteiger partial charge in [0, 0.05) is 41.3 Å². The molecule has 4 nitrogen and oxygen atoms in total. The summed E-state index contributed by atoms with van der Waals surface area (Å²) in [4.78, 5) is 6.98. The summed E-state index contributed by atoms with van der Waals surface area (Å²) in [7, 11) is 0. The van der Waals surface area contributed by atoms with Crippen LogP contribution in [-0.2, 0) is 6.54 Å². The Morgan fingerprint density at radius 2 is 1.96 bits per heavy atom. The van der Waals surface area contributed by atoms with Gasteiger partial charge < -0.3 is 15.3 Å². The lowest BCUT2D eigenvalue weighted by Gasteiger charge is -2.45. The van der Waals surface area contributed by atoms with Crippen LogP contribution in [0.3, 0.4) is 0 Å². The molecule has 3 fully saturated rings. The van der Waals surface area contributed by atoms with Crippen LogP contribution in [-0.4, -0.2) is 40.7 Å². The smallest absolute Gasteiger partial charge is 0.120 e. The maximum absolute atomic E-state index is 10.4. The van der Waals surface area contributed by atoms with Crippen LogP contribution in [0.5, 0.6) is 5.75 Å². The Morgan fingerprint density at radius 3 is 2.75 bits per heavy atom. The van der Waals surface area contributed by atoms with Crippen LogP contribution in [0.15, 0.2) is 48.7 Å².